The van der Waals surface area contributed by atoms with Gasteiger partial charge in [-0.05, 0) is 12.1 Å². The number of carbonyl (C=O) groups is 1. The lowest BCUT2D eigenvalue weighted by molar-refractivity contribution is 0.0945. The first-order valence-electron chi connectivity index (χ1n) is 5.24. The number of hydrogen-bond donors (Lipinski definition) is 3. The largest absolute Gasteiger partial charge is 0.343 e. The predicted octanol–water partition coefficient (Wildman–Crippen LogP) is -0.574. The van der Waals surface area contributed by atoms with E-state index >= 15 is 0 Å². The third-order valence-electron chi connectivity index (χ3n) is 2.21. The van der Waals surface area contributed by atoms with Gasteiger partial charge in [0.2, 0.25) is 0 Å². The highest BCUT2D eigenvalue weighted by molar-refractivity contribution is 5.92. The molecule has 0 saturated carbocycles. The number of hydrogen-bond acceptors (Lipinski definition) is 6. The number of hydrazine groups is 1. The van der Waals surface area contributed by atoms with Crippen LogP contribution in [0.1, 0.15) is 16.3 Å². The molecule has 2 rings (SSSR count). The van der Waals surface area contributed by atoms with Gasteiger partial charge in [0.05, 0.1) is 12.2 Å². The van der Waals surface area contributed by atoms with Crippen molar-refractivity contribution in [2.24, 2.45) is 12.9 Å². The summed E-state index contributed by atoms with van der Waals surface area (Å²) in [6.45, 7) is 0.252. The van der Waals surface area contributed by atoms with Crippen LogP contribution < -0.4 is 16.6 Å². The predicted molar refractivity (Wildman–Crippen MR) is 64.2 cm³/mol. The van der Waals surface area contributed by atoms with Crippen LogP contribution in [0.3, 0.4) is 0 Å². The molecule has 0 aliphatic carbocycles. The highest BCUT2D eigenvalue weighted by atomic mass is 16.1. The van der Waals surface area contributed by atoms with Gasteiger partial charge in [0.1, 0.15) is 12.0 Å². The fourth-order valence-corrected chi connectivity index (χ4v) is 1.36. The second-order valence-corrected chi connectivity index (χ2v) is 3.59. The Kier molecular flexibility index (Phi) is 3.49. The summed E-state index contributed by atoms with van der Waals surface area (Å²) in [5.41, 5.74) is 3.35. The van der Waals surface area contributed by atoms with Crippen LogP contribution in [0.15, 0.2) is 24.7 Å². The van der Waals surface area contributed by atoms with E-state index < -0.39 is 0 Å². The third kappa shape index (κ3) is 2.80. The highest BCUT2D eigenvalue weighted by Crippen LogP contribution is 2.05. The number of pyridine rings is 1. The Labute approximate surface area is 103 Å². The number of nitrogens with one attached hydrogen (secondary N) is 2. The number of nitrogen functional groups attached to an aromatic ring is 1. The van der Waals surface area contributed by atoms with Gasteiger partial charge in [0, 0.05) is 13.2 Å². The number of anilines is 1. The molecule has 0 saturated heterocycles. The molecular weight excluding hydrogens is 234 g/mol. The molecule has 2 heterocycles. The SMILES string of the molecule is Cn1cnc(CNC(=O)c2cc(NN)ccn2)n1. The molecule has 0 atom stereocenters. The third-order valence-corrected chi connectivity index (χ3v) is 2.21. The monoisotopic (exact) mass is 247 g/mol. The number of amides is 1. The molecular formula is C10H13N7O. The van der Waals surface area contributed by atoms with Gasteiger partial charge < -0.3 is 10.7 Å². The van der Waals surface area contributed by atoms with Crippen molar-refractivity contribution in [1.29, 1.82) is 0 Å². The minimum atomic E-state index is -0.306. The van der Waals surface area contributed by atoms with Gasteiger partial charge in [-0.25, -0.2) is 4.98 Å². The van der Waals surface area contributed by atoms with Crippen LogP contribution >= 0.6 is 0 Å². The van der Waals surface area contributed by atoms with E-state index in [9.17, 15) is 4.79 Å². The normalized spacial score (nSPS) is 10.1. The average molecular weight is 247 g/mol. The van der Waals surface area contributed by atoms with Crippen LogP contribution in [-0.4, -0.2) is 25.7 Å². The average Bonchev–Trinajstić information content (AvgIpc) is 2.82. The smallest absolute Gasteiger partial charge is 0.270 e. The number of aryl methyl sites for hydroxylation is 1. The maximum atomic E-state index is 11.8. The Morgan fingerprint density at radius 2 is 2.33 bits per heavy atom. The molecule has 0 aromatic carbocycles. The maximum absolute atomic E-state index is 11.8. The lowest BCUT2D eigenvalue weighted by Crippen LogP contribution is -2.24. The molecule has 18 heavy (non-hydrogen) atoms. The molecule has 8 heteroatoms. The van der Waals surface area contributed by atoms with Crippen LogP contribution in [0.4, 0.5) is 5.69 Å². The van der Waals surface area contributed by atoms with Crippen LogP contribution in [0, 0.1) is 0 Å². The van der Waals surface area contributed by atoms with E-state index in [1.165, 1.54) is 6.20 Å². The van der Waals surface area contributed by atoms with Crippen molar-refractivity contribution >= 4 is 11.6 Å². The van der Waals surface area contributed by atoms with Gasteiger partial charge >= 0.3 is 0 Å². The lowest BCUT2D eigenvalue weighted by atomic mass is 10.3. The number of nitrogens with zero attached hydrogens (tertiary/aromatic N) is 4. The molecule has 94 valence electrons. The molecule has 0 aliphatic heterocycles. The van der Waals surface area contributed by atoms with Crippen molar-refractivity contribution < 1.29 is 4.79 Å². The van der Waals surface area contributed by atoms with Crippen LogP contribution in [-0.2, 0) is 13.6 Å². The zero-order valence-corrected chi connectivity index (χ0v) is 9.79. The Morgan fingerprint density at radius 3 is 3.00 bits per heavy atom. The zero-order chi connectivity index (χ0) is 13.0. The first kappa shape index (κ1) is 12.0. The van der Waals surface area contributed by atoms with Gasteiger partial charge in [0.15, 0.2) is 5.82 Å². The molecule has 2 aromatic rings. The summed E-state index contributed by atoms with van der Waals surface area (Å²) < 4.78 is 1.57. The molecule has 0 spiro atoms. The second kappa shape index (κ2) is 5.23. The number of aromatic nitrogens is 4. The van der Waals surface area contributed by atoms with Crippen molar-refractivity contribution in [1.82, 2.24) is 25.1 Å². The minimum Gasteiger partial charge on any atom is -0.343 e. The Bertz CT molecular complexity index is 551. The van der Waals surface area contributed by atoms with Gasteiger partial charge in [-0.1, -0.05) is 0 Å². The summed E-state index contributed by atoms with van der Waals surface area (Å²) in [6, 6.07) is 3.22. The van der Waals surface area contributed by atoms with E-state index in [1.807, 2.05) is 0 Å². The summed E-state index contributed by atoms with van der Waals surface area (Å²) in [4.78, 5) is 19.7. The second-order valence-electron chi connectivity index (χ2n) is 3.59. The number of nitrogens with two attached hydrogens (primary N) is 1. The lowest BCUT2D eigenvalue weighted by Gasteiger charge is -2.04. The van der Waals surface area contributed by atoms with Gasteiger partial charge in [-0.15, -0.1) is 0 Å². The van der Waals surface area contributed by atoms with Crippen LogP contribution in [0.2, 0.25) is 0 Å². The molecule has 0 fully saturated rings. The van der Waals surface area contributed by atoms with Crippen LogP contribution in [0.25, 0.3) is 0 Å². The van der Waals surface area contributed by atoms with E-state index in [0.717, 1.165) is 0 Å². The van der Waals surface area contributed by atoms with Gasteiger partial charge in [-0.3, -0.25) is 20.3 Å². The standard InChI is InChI=1S/C10H13N7O/c1-17-6-14-9(16-17)5-13-10(18)8-4-7(15-11)2-3-12-8/h2-4,6H,5,11H2,1H3,(H,12,15)(H,13,18). The molecule has 0 bridgehead atoms. The molecule has 4 N–H and O–H groups in total. The van der Waals surface area contributed by atoms with Crippen molar-refractivity contribution in [2.45, 2.75) is 6.54 Å². The zero-order valence-electron chi connectivity index (χ0n) is 9.79. The van der Waals surface area contributed by atoms with Crippen molar-refractivity contribution in [3.05, 3.63) is 36.2 Å². The van der Waals surface area contributed by atoms with E-state index in [1.54, 1.807) is 30.2 Å². The highest BCUT2D eigenvalue weighted by Gasteiger charge is 2.08. The van der Waals surface area contributed by atoms with Crippen molar-refractivity contribution in [3.63, 3.8) is 0 Å². The van der Waals surface area contributed by atoms with Gasteiger partial charge in [-0.2, -0.15) is 5.10 Å². The Morgan fingerprint density at radius 1 is 1.50 bits per heavy atom. The fourth-order valence-electron chi connectivity index (χ4n) is 1.36. The van der Waals surface area contributed by atoms with E-state index in [4.69, 9.17) is 5.84 Å². The first-order valence-corrected chi connectivity index (χ1v) is 5.24. The summed E-state index contributed by atoms with van der Waals surface area (Å²) >= 11 is 0. The van der Waals surface area contributed by atoms with Crippen molar-refractivity contribution in [3.8, 4) is 0 Å². The fraction of sp³-hybridized carbons (Fsp3) is 0.200. The van der Waals surface area contributed by atoms with Gasteiger partial charge in [0.25, 0.3) is 5.91 Å². The van der Waals surface area contributed by atoms with E-state index in [-0.39, 0.29) is 18.1 Å². The summed E-state index contributed by atoms with van der Waals surface area (Å²) in [5, 5.41) is 6.72. The molecule has 0 aliphatic rings. The molecule has 0 radical (unpaired) electrons. The minimum absolute atomic E-state index is 0.252. The quantitative estimate of drug-likeness (QED) is 0.492. The molecule has 0 unspecified atom stereocenters. The topological polar surface area (TPSA) is 111 Å². The molecule has 8 nitrogen and oxygen atoms in total. The first-order chi connectivity index (χ1) is 8.69. The summed E-state index contributed by atoms with van der Waals surface area (Å²) in [7, 11) is 1.76. The summed E-state index contributed by atoms with van der Waals surface area (Å²) in [5.74, 6) is 5.49. The Hall–Kier alpha value is -2.48. The van der Waals surface area contributed by atoms with Crippen molar-refractivity contribution in [2.75, 3.05) is 5.43 Å². The molecule has 1 amide bonds. The van der Waals surface area contributed by atoms with E-state index in [0.29, 0.717) is 11.5 Å². The Balaban J connectivity index is 1.99. The number of rotatable bonds is 4. The molecule has 2 aromatic heterocycles. The van der Waals surface area contributed by atoms with E-state index in [2.05, 4.69) is 25.8 Å². The number of carbonyl (C=O) groups excluding carboxylic acids is 1. The van der Waals surface area contributed by atoms with Crippen LogP contribution in [0.5, 0.6) is 0 Å². The maximum Gasteiger partial charge on any atom is 0.270 e. The summed E-state index contributed by atoms with van der Waals surface area (Å²) in [6.07, 6.45) is 3.07.